The second-order valence-corrected chi connectivity index (χ2v) is 15.1. The van der Waals surface area contributed by atoms with Crippen molar-refractivity contribution in [2.45, 2.75) is 40.7 Å². The number of amides is 1. The highest BCUT2D eigenvalue weighted by atomic mass is 32.2. The van der Waals surface area contributed by atoms with Crippen molar-refractivity contribution in [3.63, 3.8) is 0 Å². The fraction of sp³-hybridized carbons (Fsp3) is 0.242. The first-order valence-corrected chi connectivity index (χ1v) is 17.7. The van der Waals surface area contributed by atoms with Crippen molar-refractivity contribution in [3.8, 4) is 11.1 Å². The van der Waals surface area contributed by atoms with Gasteiger partial charge in [-0.3, -0.25) is 4.79 Å². The first kappa shape index (κ1) is 35.7. The lowest BCUT2D eigenvalue weighted by atomic mass is 9.86. The Balaban J connectivity index is 1.21. The first-order valence-electron chi connectivity index (χ1n) is 14.8. The van der Waals surface area contributed by atoms with Crippen molar-refractivity contribution in [3.05, 3.63) is 108 Å². The van der Waals surface area contributed by atoms with Gasteiger partial charge in [0.25, 0.3) is 25.8 Å². The van der Waals surface area contributed by atoms with Gasteiger partial charge >= 0.3 is 11.7 Å². The van der Waals surface area contributed by atoms with E-state index in [1.165, 1.54) is 24.3 Å². The van der Waals surface area contributed by atoms with Crippen LogP contribution in [0.3, 0.4) is 0 Å². The van der Waals surface area contributed by atoms with Crippen molar-refractivity contribution >= 4 is 37.1 Å². The van der Waals surface area contributed by atoms with Crippen molar-refractivity contribution in [1.82, 2.24) is 4.72 Å². The molecule has 1 saturated heterocycles. The zero-order valence-corrected chi connectivity index (χ0v) is 27.1. The van der Waals surface area contributed by atoms with Gasteiger partial charge in [-0.1, -0.05) is 36.4 Å². The van der Waals surface area contributed by atoms with Crippen LogP contribution < -0.4 is 15.4 Å². The van der Waals surface area contributed by atoms with Gasteiger partial charge in [-0.05, 0) is 96.5 Å². The molecule has 0 aliphatic carbocycles. The lowest BCUT2D eigenvalue weighted by molar-refractivity contribution is -0.137. The summed E-state index contributed by atoms with van der Waals surface area (Å²) in [6.45, 7) is 1.35. The summed E-state index contributed by atoms with van der Waals surface area (Å²) in [4.78, 5) is 12.5. The minimum atomic E-state index is -5.96. The Hall–Kier alpha value is -4.57. The molecule has 16 heteroatoms. The molecule has 0 radical (unpaired) electrons. The molecule has 1 heterocycles. The lowest BCUT2D eigenvalue weighted by Crippen LogP contribution is -2.34. The van der Waals surface area contributed by atoms with Gasteiger partial charge < -0.3 is 10.6 Å². The van der Waals surface area contributed by atoms with E-state index in [0.717, 1.165) is 54.3 Å². The molecule has 0 spiro atoms. The summed E-state index contributed by atoms with van der Waals surface area (Å²) in [7, 11) is -10.7. The molecule has 260 valence electrons. The maximum absolute atomic E-state index is 13.1. The maximum atomic E-state index is 13.1. The average molecular weight is 726 g/mol. The molecule has 4 aromatic carbocycles. The van der Waals surface area contributed by atoms with Crippen molar-refractivity contribution in [1.29, 1.82) is 0 Å². The number of halogens is 6. The third-order valence-electron chi connectivity index (χ3n) is 8.27. The number of nitrogen functional groups attached to an aromatic ring is 1. The molecule has 1 amide bonds. The molecule has 5 rings (SSSR count). The van der Waals surface area contributed by atoms with E-state index in [1.807, 2.05) is 24.3 Å². The number of hydrogen-bond donors (Lipinski definition) is 2. The molecule has 0 unspecified atom stereocenters. The molecule has 0 atom stereocenters. The molecule has 0 bridgehead atoms. The van der Waals surface area contributed by atoms with E-state index >= 15 is 0 Å². The molecule has 3 N–H and O–H groups in total. The summed E-state index contributed by atoms with van der Waals surface area (Å²) in [5, 5.41) is 0. The number of nitrogens with one attached hydrogen (secondary N) is 1. The summed E-state index contributed by atoms with van der Waals surface area (Å²) in [6.07, 6.45) is -2.05. The van der Waals surface area contributed by atoms with Crippen LogP contribution in [0.1, 0.15) is 34.3 Å². The SMILES string of the molecule is Nc1ccc(S(=O)(=O)NC(=O)c2ccc(N3CCC(Cc4ccccc4-c4ccc(C(F)(F)F)cc4)CC3)cc2)cc1S(=O)(=O)C(F)(F)F. The lowest BCUT2D eigenvalue weighted by Gasteiger charge is -2.34. The Morgan fingerprint density at radius 2 is 1.43 bits per heavy atom. The zero-order chi connectivity index (χ0) is 35.8. The predicted molar refractivity (Wildman–Crippen MR) is 171 cm³/mol. The fourth-order valence-electron chi connectivity index (χ4n) is 5.63. The molecule has 1 fully saturated rings. The third kappa shape index (κ3) is 7.85. The van der Waals surface area contributed by atoms with E-state index in [-0.39, 0.29) is 11.6 Å². The molecule has 4 aromatic rings. The number of sulfone groups is 1. The Morgan fingerprint density at radius 1 is 0.816 bits per heavy atom. The van der Waals surface area contributed by atoms with Crippen LogP contribution in [0, 0.1) is 5.92 Å². The third-order valence-corrected chi connectivity index (χ3v) is 11.1. The topological polar surface area (TPSA) is 127 Å². The minimum Gasteiger partial charge on any atom is -0.398 e. The van der Waals surface area contributed by atoms with Crippen LogP contribution >= 0.6 is 0 Å². The van der Waals surface area contributed by atoms with Crippen molar-refractivity contribution in [2.24, 2.45) is 5.92 Å². The van der Waals surface area contributed by atoms with Gasteiger partial charge in [-0.25, -0.2) is 21.6 Å². The minimum absolute atomic E-state index is 0.0688. The molecule has 0 saturated carbocycles. The van der Waals surface area contributed by atoms with Gasteiger partial charge in [0, 0.05) is 24.3 Å². The zero-order valence-electron chi connectivity index (χ0n) is 25.4. The predicted octanol–water partition coefficient (Wildman–Crippen LogP) is 6.83. The van der Waals surface area contributed by atoms with Gasteiger partial charge in [0.1, 0.15) is 4.90 Å². The summed E-state index contributed by atoms with van der Waals surface area (Å²) < 4.78 is 129. The normalized spacial score (nSPS) is 14.9. The number of anilines is 2. The monoisotopic (exact) mass is 725 g/mol. The van der Waals surface area contributed by atoms with E-state index in [1.54, 1.807) is 16.9 Å². The van der Waals surface area contributed by atoms with E-state index in [9.17, 15) is 48.0 Å². The molecule has 8 nitrogen and oxygen atoms in total. The number of benzene rings is 4. The number of sulfonamides is 1. The molecule has 49 heavy (non-hydrogen) atoms. The Kier molecular flexibility index (Phi) is 9.76. The molecule has 1 aliphatic heterocycles. The molecular formula is C33H29F6N3O5S2. The number of alkyl halides is 6. The van der Waals surface area contributed by atoms with Gasteiger partial charge in [0.15, 0.2) is 0 Å². The maximum Gasteiger partial charge on any atom is 0.501 e. The molecule has 0 aromatic heterocycles. The van der Waals surface area contributed by atoms with E-state index in [2.05, 4.69) is 4.90 Å². The van der Waals surface area contributed by atoms with Gasteiger partial charge in [0.2, 0.25) is 0 Å². The smallest absolute Gasteiger partial charge is 0.398 e. The highest BCUT2D eigenvalue weighted by molar-refractivity contribution is 7.92. The highest BCUT2D eigenvalue weighted by Gasteiger charge is 2.48. The van der Waals surface area contributed by atoms with Crippen molar-refractivity contribution < 1.29 is 48.0 Å². The van der Waals surface area contributed by atoms with Crippen LogP contribution in [0.2, 0.25) is 0 Å². The van der Waals surface area contributed by atoms with Gasteiger partial charge in [-0.2, -0.15) is 26.3 Å². The summed E-state index contributed by atoms with van der Waals surface area (Å²) in [5.74, 6) is -0.781. The summed E-state index contributed by atoms with van der Waals surface area (Å²) >= 11 is 0. The summed E-state index contributed by atoms with van der Waals surface area (Å²) in [6, 6.07) is 20.4. The van der Waals surface area contributed by atoms with Crippen LogP contribution in [0.15, 0.2) is 101 Å². The number of piperidine rings is 1. The van der Waals surface area contributed by atoms with E-state index in [4.69, 9.17) is 5.73 Å². The fourth-order valence-corrected chi connectivity index (χ4v) is 7.61. The number of hydrogen-bond acceptors (Lipinski definition) is 7. The standard InChI is InChI=1S/C33H29F6N3O5S2/c34-32(35,36)25-9-5-22(6-10-25)28-4-2-1-3-24(28)19-21-15-17-42(18-16-21)26-11-7-23(8-12-26)31(43)41-49(46,47)27-13-14-29(40)30(20-27)48(44,45)33(37,38)39/h1-14,20-21H,15-19,40H2,(H,41,43). The number of rotatable bonds is 8. The molecule has 1 aliphatic rings. The quantitative estimate of drug-likeness (QED) is 0.151. The first-order chi connectivity index (χ1) is 22.9. The number of carbonyl (C=O) groups is 1. The second-order valence-electron chi connectivity index (χ2n) is 11.5. The summed E-state index contributed by atoms with van der Waals surface area (Å²) in [5.41, 5.74) is 1.42. The number of nitrogens with zero attached hydrogens (tertiary/aromatic N) is 1. The van der Waals surface area contributed by atoms with Gasteiger partial charge in [-0.15, -0.1) is 0 Å². The number of carbonyl (C=O) groups excluding carboxylic acids is 1. The van der Waals surface area contributed by atoms with Crippen LogP contribution in [0.4, 0.5) is 37.7 Å². The second kappa shape index (κ2) is 13.4. The van der Waals surface area contributed by atoms with Crippen LogP contribution in [-0.2, 0) is 32.5 Å². The van der Waals surface area contributed by atoms with Crippen molar-refractivity contribution in [2.75, 3.05) is 23.7 Å². The van der Waals surface area contributed by atoms with Crippen LogP contribution in [0.25, 0.3) is 11.1 Å². The Morgan fingerprint density at radius 3 is 2.02 bits per heavy atom. The Labute approximate surface area is 278 Å². The highest BCUT2D eigenvalue weighted by Crippen LogP contribution is 2.36. The molecular weight excluding hydrogens is 697 g/mol. The Bertz CT molecular complexity index is 2060. The van der Waals surface area contributed by atoms with E-state index < -0.39 is 58.5 Å². The van der Waals surface area contributed by atoms with Gasteiger partial charge in [0.05, 0.1) is 16.1 Å². The van der Waals surface area contributed by atoms with Crippen LogP contribution in [0.5, 0.6) is 0 Å². The average Bonchev–Trinajstić information content (AvgIpc) is 3.04. The van der Waals surface area contributed by atoms with Crippen LogP contribution in [-0.4, -0.2) is 41.3 Å². The largest absolute Gasteiger partial charge is 0.501 e. The number of nitrogens with two attached hydrogens (primary N) is 1. The van der Waals surface area contributed by atoms with E-state index in [0.29, 0.717) is 30.6 Å².